The lowest BCUT2D eigenvalue weighted by Crippen LogP contribution is -2.31. The van der Waals surface area contributed by atoms with E-state index in [0.717, 1.165) is 19.3 Å². The smallest absolute Gasteiger partial charge is 0.229 e. The largest absolute Gasteiger partial charge is 0.373 e. The Balaban J connectivity index is 1.74. The highest BCUT2D eigenvalue weighted by atomic mass is 35.5. The van der Waals surface area contributed by atoms with Crippen molar-refractivity contribution < 1.29 is 4.74 Å². The van der Waals surface area contributed by atoms with E-state index < -0.39 is 0 Å². The second-order valence-corrected chi connectivity index (χ2v) is 4.48. The van der Waals surface area contributed by atoms with Crippen molar-refractivity contribution in [3.05, 3.63) is 5.28 Å². The van der Waals surface area contributed by atoms with Crippen LogP contribution in [0.4, 0.5) is 11.9 Å². The van der Waals surface area contributed by atoms with Gasteiger partial charge in [0.1, 0.15) is 0 Å². The van der Waals surface area contributed by atoms with Gasteiger partial charge >= 0.3 is 0 Å². The lowest BCUT2D eigenvalue weighted by Gasteiger charge is -2.19. The maximum atomic E-state index is 5.72. The summed E-state index contributed by atoms with van der Waals surface area (Å²) >= 11 is 5.70. The normalized spacial score (nSPS) is 31.9. The highest BCUT2D eigenvalue weighted by molar-refractivity contribution is 6.28. The van der Waals surface area contributed by atoms with E-state index in [4.69, 9.17) is 22.1 Å². The number of anilines is 2. The predicted molar refractivity (Wildman–Crippen MR) is 59.2 cm³/mol. The summed E-state index contributed by atoms with van der Waals surface area (Å²) in [6.45, 7) is 0. The van der Waals surface area contributed by atoms with E-state index in [1.165, 1.54) is 0 Å². The summed E-state index contributed by atoms with van der Waals surface area (Å²) in [5.41, 5.74) is 5.49. The molecule has 1 aromatic rings. The molecule has 2 bridgehead atoms. The van der Waals surface area contributed by atoms with Crippen molar-refractivity contribution in [1.29, 1.82) is 0 Å². The number of nitrogens with two attached hydrogens (primary N) is 1. The van der Waals surface area contributed by atoms with Gasteiger partial charge in [-0.1, -0.05) is 0 Å². The molecular weight excluding hydrogens is 230 g/mol. The molecule has 0 saturated carbocycles. The Hall–Kier alpha value is -1.14. The van der Waals surface area contributed by atoms with Gasteiger partial charge in [0.05, 0.1) is 18.2 Å². The number of hydrogen-bond acceptors (Lipinski definition) is 6. The van der Waals surface area contributed by atoms with Crippen LogP contribution in [0.2, 0.25) is 5.28 Å². The number of hydrogen-bond donors (Lipinski definition) is 2. The Bertz CT molecular complexity index is 395. The lowest BCUT2D eigenvalue weighted by atomic mass is 9.96. The fourth-order valence-corrected chi connectivity index (χ4v) is 2.55. The lowest BCUT2D eigenvalue weighted by molar-refractivity contribution is 0.102. The number of fused-ring (bicyclic) bond motifs is 2. The van der Waals surface area contributed by atoms with Crippen LogP contribution in [0.3, 0.4) is 0 Å². The fraction of sp³-hybridized carbons (Fsp3) is 0.667. The zero-order valence-electron chi connectivity index (χ0n) is 8.56. The Labute approximate surface area is 97.6 Å². The molecule has 6 nitrogen and oxygen atoms in total. The van der Waals surface area contributed by atoms with Gasteiger partial charge in [0.2, 0.25) is 17.2 Å². The molecule has 3 heterocycles. The molecule has 2 saturated heterocycles. The molecule has 1 aromatic heterocycles. The van der Waals surface area contributed by atoms with Crippen molar-refractivity contribution >= 4 is 23.5 Å². The van der Waals surface area contributed by atoms with Gasteiger partial charge in [-0.25, -0.2) is 0 Å². The molecule has 7 heteroatoms. The monoisotopic (exact) mass is 241 g/mol. The first-order chi connectivity index (χ1) is 7.70. The minimum Gasteiger partial charge on any atom is -0.373 e. The van der Waals surface area contributed by atoms with Crippen LogP contribution in [-0.2, 0) is 4.74 Å². The second-order valence-electron chi connectivity index (χ2n) is 4.15. The van der Waals surface area contributed by atoms with Gasteiger partial charge in [0.25, 0.3) is 0 Å². The molecule has 0 amide bonds. The first-order valence-electron chi connectivity index (χ1n) is 5.30. The van der Waals surface area contributed by atoms with Crippen molar-refractivity contribution in [1.82, 2.24) is 15.0 Å². The Kier molecular flexibility index (Phi) is 2.33. The molecule has 2 aliphatic heterocycles. The summed E-state index contributed by atoms with van der Waals surface area (Å²) in [5.74, 6) is 0.560. The topological polar surface area (TPSA) is 86.0 Å². The number of ether oxygens (including phenoxy) is 1. The molecule has 3 N–H and O–H groups in total. The molecule has 2 fully saturated rings. The van der Waals surface area contributed by atoms with Gasteiger partial charge in [-0.2, -0.15) is 15.0 Å². The number of rotatable bonds is 2. The zero-order chi connectivity index (χ0) is 11.1. The maximum absolute atomic E-state index is 5.72. The van der Waals surface area contributed by atoms with Gasteiger partial charge in [-0.05, 0) is 30.9 Å². The molecule has 2 aliphatic rings. The van der Waals surface area contributed by atoms with Crippen molar-refractivity contribution in [3.63, 3.8) is 0 Å². The van der Waals surface area contributed by atoms with Crippen molar-refractivity contribution in [2.45, 2.75) is 37.5 Å². The first-order valence-corrected chi connectivity index (χ1v) is 5.67. The molecule has 0 aromatic carbocycles. The van der Waals surface area contributed by atoms with E-state index in [1.54, 1.807) is 0 Å². The third kappa shape index (κ3) is 1.78. The van der Waals surface area contributed by atoms with Gasteiger partial charge < -0.3 is 15.8 Å². The van der Waals surface area contributed by atoms with Crippen LogP contribution in [0.1, 0.15) is 19.3 Å². The third-order valence-electron chi connectivity index (χ3n) is 3.05. The fourth-order valence-electron chi connectivity index (χ4n) is 2.39. The van der Waals surface area contributed by atoms with E-state index in [-0.39, 0.29) is 23.4 Å². The third-order valence-corrected chi connectivity index (χ3v) is 3.21. The van der Waals surface area contributed by atoms with Gasteiger partial charge in [0, 0.05) is 0 Å². The van der Waals surface area contributed by atoms with Gasteiger partial charge in [-0.3, -0.25) is 0 Å². The van der Waals surface area contributed by atoms with E-state index in [9.17, 15) is 0 Å². The van der Waals surface area contributed by atoms with Crippen molar-refractivity contribution in [3.8, 4) is 0 Å². The van der Waals surface area contributed by atoms with Crippen LogP contribution < -0.4 is 11.1 Å². The molecule has 86 valence electrons. The second kappa shape index (κ2) is 3.71. The predicted octanol–water partition coefficient (Wildman–Crippen LogP) is 0.839. The molecule has 0 aliphatic carbocycles. The van der Waals surface area contributed by atoms with E-state index >= 15 is 0 Å². The zero-order valence-corrected chi connectivity index (χ0v) is 9.31. The summed E-state index contributed by atoms with van der Waals surface area (Å²) in [7, 11) is 0. The Morgan fingerprint density at radius 1 is 1.31 bits per heavy atom. The molecule has 0 radical (unpaired) electrons. The number of halogens is 1. The van der Waals surface area contributed by atoms with Crippen molar-refractivity contribution in [2.24, 2.45) is 0 Å². The highest BCUT2D eigenvalue weighted by Gasteiger charge is 2.41. The average molecular weight is 242 g/mol. The number of nitrogen functional groups attached to an aromatic ring is 1. The molecule has 16 heavy (non-hydrogen) atoms. The molecule has 3 rings (SSSR count). The van der Waals surface area contributed by atoms with Crippen LogP contribution in [0.15, 0.2) is 0 Å². The van der Waals surface area contributed by atoms with E-state index in [2.05, 4.69) is 20.3 Å². The molecular formula is C9H12ClN5O. The number of nitrogens with one attached hydrogen (secondary N) is 1. The SMILES string of the molecule is Nc1nc(Cl)nc(NC2CC3CCC2O3)n1. The summed E-state index contributed by atoms with van der Waals surface area (Å²) in [6.07, 6.45) is 3.90. The van der Waals surface area contributed by atoms with Crippen LogP contribution in [0.25, 0.3) is 0 Å². The maximum Gasteiger partial charge on any atom is 0.229 e. The van der Waals surface area contributed by atoms with E-state index in [1.807, 2.05) is 0 Å². The van der Waals surface area contributed by atoms with Crippen LogP contribution >= 0.6 is 11.6 Å². The quantitative estimate of drug-likeness (QED) is 0.798. The Morgan fingerprint density at radius 3 is 2.81 bits per heavy atom. The minimum absolute atomic E-state index is 0.110. The van der Waals surface area contributed by atoms with E-state index in [0.29, 0.717) is 12.1 Å². The highest BCUT2D eigenvalue weighted by Crippen LogP contribution is 2.35. The summed E-state index contributed by atoms with van der Waals surface area (Å²) < 4.78 is 5.72. The first kappa shape index (κ1) is 10.0. The average Bonchev–Trinajstić information content (AvgIpc) is 2.77. The number of aromatic nitrogens is 3. The summed E-state index contributed by atoms with van der Waals surface area (Å²) in [6, 6.07) is 0.261. The summed E-state index contributed by atoms with van der Waals surface area (Å²) in [5, 5.41) is 3.31. The minimum atomic E-state index is 0.110. The van der Waals surface area contributed by atoms with Gasteiger partial charge in [0.15, 0.2) is 0 Å². The van der Waals surface area contributed by atoms with Crippen LogP contribution in [-0.4, -0.2) is 33.2 Å². The molecule has 3 unspecified atom stereocenters. The standard InChI is InChI=1S/C9H12ClN5O/c10-7-13-8(11)15-9(14-7)12-5-3-4-1-2-6(5)16-4/h4-6H,1-3H2,(H3,11,12,13,14,15). The van der Waals surface area contributed by atoms with Crippen molar-refractivity contribution in [2.75, 3.05) is 11.1 Å². The molecule has 3 atom stereocenters. The Morgan fingerprint density at radius 2 is 2.19 bits per heavy atom. The van der Waals surface area contributed by atoms with Crippen LogP contribution in [0, 0.1) is 0 Å². The number of nitrogens with zero attached hydrogens (tertiary/aromatic N) is 3. The van der Waals surface area contributed by atoms with Crippen LogP contribution in [0.5, 0.6) is 0 Å². The molecule has 0 spiro atoms. The van der Waals surface area contributed by atoms with Gasteiger partial charge in [-0.15, -0.1) is 0 Å². The summed E-state index contributed by atoms with van der Waals surface area (Å²) in [4.78, 5) is 11.7.